The molecule has 4 heterocycles. The number of aromatic hydroxyl groups is 1. The van der Waals surface area contributed by atoms with Crippen molar-refractivity contribution < 1.29 is 14.9 Å². The fourth-order valence-electron chi connectivity index (χ4n) is 4.60. The van der Waals surface area contributed by atoms with Crippen LogP contribution in [-0.4, -0.2) is 29.0 Å². The number of ketones is 1. The molecule has 1 saturated heterocycles. The van der Waals surface area contributed by atoms with E-state index >= 15 is 0 Å². The lowest BCUT2D eigenvalue weighted by Crippen LogP contribution is -2.83. The molecule has 5 nitrogen and oxygen atoms in total. The van der Waals surface area contributed by atoms with Crippen molar-refractivity contribution in [1.29, 1.82) is 0 Å². The van der Waals surface area contributed by atoms with Crippen LogP contribution in [0.2, 0.25) is 0 Å². The Bertz CT molecular complexity index is 1080. The number of nitrogens with one attached hydrogen (secondary N) is 2. The minimum Gasteiger partial charge on any atom is -0.504 e. The molecule has 0 aromatic heterocycles. The first kappa shape index (κ1) is 13.0. The summed E-state index contributed by atoms with van der Waals surface area (Å²) in [5.41, 5.74) is 3.37. The highest BCUT2D eigenvalue weighted by atomic mass is 32.2. The van der Waals surface area contributed by atoms with Gasteiger partial charge in [-0.1, -0.05) is 6.08 Å². The number of phenols is 1. The minimum absolute atomic E-state index is 0.0415. The van der Waals surface area contributed by atoms with Gasteiger partial charge in [0.2, 0.25) is 5.36 Å². The second kappa shape index (κ2) is 4.00. The fraction of sp³-hybridized carbons (Fsp3) is 0.278. The van der Waals surface area contributed by atoms with Crippen LogP contribution >= 0.6 is 11.8 Å². The zero-order chi connectivity index (χ0) is 16.1. The predicted molar refractivity (Wildman–Crippen MR) is 92.0 cm³/mol. The topological polar surface area (TPSA) is 75.7 Å². The monoisotopic (exact) mass is 336 g/mol. The van der Waals surface area contributed by atoms with Gasteiger partial charge in [0.05, 0.1) is 27.3 Å². The number of aliphatic imine (C=N–C) groups is 1. The quantitative estimate of drug-likeness (QED) is 0.559. The van der Waals surface area contributed by atoms with Crippen molar-refractivity contribution in [2.24, 2.45) is 4.99 Å². The fourth-order valence-corrected chi connectivity index (χ4v) is 6.08. The molecule has 1 aromatic carbocycles. The van der Waals surface area contributed by atoms with Gasteiger partial charge in [0.25, 0.3) is 0 Å². The van der Waals surface area contributed by atoms with Crippen LogP contribution in [0, 0.1) is 0 Å². The van der Waals surface area contributed by atoms with Crippen LogP contribution in [0.4, 0.5) is 11.4 Å². The lowest BCUT2D eigenvalue weighted by Gasteiger charge is -2.34. The van der Waals surface area contributed by atoms with Crippen LogP contribution in [0.25, 0.3) is 5.57 Å². The van der Waals surface area contributed by atoms with Gasteiger partial charge < -0.3 is 10.4 Å². The molecule has 4 aliphatic heterocycles. The number of fused-ring (bicyclic) bond motifs is 3. The Balaban J connectivity index is 1.81. The molecule has 2 bridgehead atoms. The Hall–Kier alpha value is -2.34. The number of rotatable bonds is 0. The first-order chi connectivity index (χ1) is 11.7. The summed E-state index contributed by atoms with van der Waals surface area (Å²) < 4.78 is 0. The number of phenolic OH excluding ortho intramolecular Hbond substituents is 1. The van der Waals surface area contributed by atoms with Gasteiger partial charge in [0, 0.05) is 17.5 Å². The molecule has 6 heteroatoms. The van der Waals surface area contributed by atoms with Crippen molar-refractivity contribution in [3.63, 3.8) is 0 Å². The van der Waals surface area contributed by atoms with E-state index in [1.165, 1.54) is 5.57 Å². The molecule has 0 amide bonds. The molecule has 2 atom stereocenters. The molecule has 1 aromatic rings. The number of nitrogens with zero attached hydrogens (tertiary/aromatic N) is 1. The van der Waals surface area contributed by atoms with Gasteiger partial charge >= 0.3 is 0 Å². The summed E-state index contributed by atoms with van der Waals surface area (Å²) in [6.45, 7) is 0.860. The molecule has 2 unspecified atom stereocenters. The van der Waals surface area contributed by atoms with Crippen molar-refractivity contribution in [2.75, 3.05) is 11.9 Å². The second-order valence-corrected chi connectivity index (χ2v) is 8.07. The normalized spacial score (nSPS) is 30.3. The first-order valence-corrected chi connectivity index (χ1v) is 9.01. The molecule has 0 saturated carbocycles. The van der Waals surface area contributed by atoms with E-state index in [1.54, 1.807) is 23.9 Å². The van der Waals surface area contributed by atoms with E-state index in [2.05, 4.69) is 15.3 Å². The molecule has 1 fully saturated rings. The average molecular weight is 336 g/mol. The van der Waals surface area contributed by atoms with Crippen molar-refractivity contribution in [2.45, 2.75) is 23.6 Å². The molecule has 0 radical (unpaired) electrons. The molecule has 5 aliphatic rings. The summed E-state index contributed by atoms with van der Waals surface area (Å²) in [6.07, 6.45) is 9.14. The molecular weight excluding hydrogens is 322 g/mol. The number of thioether (sulfide) groups is 1. The summed E-state index contributed by atoms with van der Waals surface area (Å²) >= 11 is 1.69. The van der Waals surface area contributed by atoms with Crippen LogP contribution in [-0.2, 0) is 10.2 Å². The molecule has 118 valence electrons. The smallest absolute Gasteiger partial charge is 0.215 e. The van der Waals surface area contributed by atoms with Gasteiger partial charge in [-0.05, 0) is 24.1 Å². The molecule has 6 rings (SSSR count). The Morgan fingerprint density at radius 1 is 1.46 bits per heavy atom. The van der Waals surface area contributed by atoms with Crippen LogP contribution < -0.4 is 20.9 Å². The third-order valence-corrected chi connectivity index (χ3v) is 6.89. The number of hydrogen-bond donors (Lipinski definition) is 3. The van der Waals surface area contributed by atoms with E-state index in [0.29, 0.717) is 5.69 Å². The van der Waals surface area contributed by atoms with Crippen LogP contribution in [0.5, 0.6) is 5.75 Å². The third kappa shape index (κ3) is 1.33. The predicted octanol–water partition coefficient (Wildman–Crippen LogP) is -0.488. The molecular formula is C18H14N3O2S+. The van der Waals surface area contributed by atoms with Gasteiger partial charge in [-0.25, -0.2) is 4.99 Å². The van der Waals surface area contributed by atoms with Crippen LogP contribution in [0.1, 0.15) is 18.4 Å². The summed E-state index contributed by atoms with van der Waals surface area (Å²) in [5.74, 6) is 0.273. The number of carbonyl (C=O) groups is 1. The van der Waals surface area contributed by atoms with E-state index in [4.69, 9.17) is 0 Å². The Morgan fingerprint density at radius 2 is 2.38 bits per heavy atom. The third-order valence-electron chi connectivity index (χ3n) is 5.59. The van der Waals surface area contributed by atoms with Crippen molar-refractivity contribution in [3.8, 4) is 5.75 Å². The molecule has 3 N–H and O–H groups in total. The standard InChI is InChI=1S/C18H13N3O2S/c22-9-1-3-18-6-11(24-10(18)5-9)21-16-13(18)14-12-8(2-4-19-14)7-20-15(12)17(16)23/h1,3,5,7,11,21,23H,2,4,6H2/p+1. The van der Waals surface area contributed by atoms with E-state index in [9.17, 15) is 9.90 Å². The number of allylic oxidation sites excluding steroid dienone is 4. The number of hydrogen-bond acceptors (Lipinski definition) is 5. The maximum absolute atomic E-state index is 11.9. The zero-order valence-electron chi connectivity index (χ0n) is 12.7. The SMILES string of the molecule is O=C1C=CC23CC(Nc4c(O)c5c6c(c42)=[NH+]CCC=6C=N5)SC3=C1. The average Bonchev–Trinajstić information content (AvgIpc) is 3.12. The first-order valence-electron chi connectivity index (χ1n) is 8.13. The van der Waals surface area contributed by atoms with Gasteiger partial charge in [-0.3, -0.25) is 9.79 Å². The van der Waals surface area contributed by atoms with Gasteiger partial charge in [0.15, 0.2) is 11.5 Å². The van der Waals surface area contributed by atoms with E-state index in [0.717, 1.165) is 46.1 Å². The van der Waals surface area contributed by atoms with Crippen molar-refractivity contribution >= 4 is 40.7 Å². The van der Waals surface area contributed by atoms with E-state index < -0.39 is 0 Å². The summed E-state index contributed by atoms with van der Waals surface area (Å²) in [7, 11) is 0. The second-order valence-electron chi connectivity index (χ2n) is 6.83. The van der Waals surface area contributed by atoms with Gasteiger partial charge in [-0.2, -0.15) is 0 Å². The highest BCUT2D eigenvalue weighted by Gasteiger charge is 2.53. The Morgan fingerprint density at radius 3 is 3.29 bits per heavy atom. The lowest BCUT2D eigenvalue weighted by molar-refractivity contribution is -0.501. The van der Waals surface area contributed by atoms with Crippen LogP contribution in [0.15, 0.2) is 28.1 Å². The molecule has 1 aliphatic carbocycles. The minimum atomic E-state index is -0.316. The molecule has 1 spiro atoms. The number of carbonyl (C=O) groups excluding carboxylic acids is 1. The lowest BCUT2D eigenvalue weighted by atomic mass is 9.71. The maximum atomic E-state index is 11.9. The summed E-state index contributed by atoms with van der Waals surface area (Å²) in [6, 6.07) is 0. The van der Waals surface area contributed by atoms with E-state index in [1.807, 2.05) is 12.3 Å². The van der Waals surface area contributed by atoms with Crippen LogP contribution in [0.3, 0.4) is 0 Å². The Labute approximate surface area is 141 Å². The highest BCUT2D eigenvalue weighted by molar-refractivity contribution is 8.04. The Kier molecular flexibility index (Phi) is 2.17. The molecule has 24 heavy (non-hydrogen) atoms. The summed E-state index contributed by atoms with van der Waals surface area (Å²) in [5, 5.41) is 16.6. The van der Waals surface area contributed by atoms with Gasteiger partial charge in [0.1, 0.15) is 12.2 Å². The zero-order valence-corrected chi connectivity index (χ0v) is 13.5. The number of anilines is 1. The highest BCUT2D eigenvalue weighted by Crippen LogP contribution is 2.60. The van der Waals surface area contributed by atoms with Crippen molar-refractivity contribution in [1.82, 2.24) is 0 Å². The number of benzene rings is 1. The summed E-state index contributed by atoms with van der Waals surface area (Å²) in [4.78, 5) is 21.0. The van der Waals surface area contributed by atoms with Crippen molar-refractivity contribution in [3.05, 3.63) is 39.3 Å². The largest absolute Gasteiger partial charge is 0.504 e. The van der Waals surface area contributed by atoms with Gasteiger partial charge in [-0.15, -0.1) is 11.8 Å². The van der Waals surface area contributed by atoms with E-state index in [-0.39, 0.29) is 22.3 Å². The maximum Gasteiger partial charge on any atom is 0.215 e.